The smallest absolute Gasteiger partial charge is 0.0110 e. The predicted octanol–water partition coefficient (Wildman–Crippen LogP) is 2.17. The van der Waals surface area contributed by atoms with Crippen molar-refractivity contribution in [1.82, 2.24) is 9.80 Å². The van der Waals surface area contributed by atoms with E-state index >= 15 is 0 Å². The molecule has 0 bridgehead atoms. The molecule has 19 heavy (non-hydrogen) atoms. The molecular weight excluding hydrogens is 234 g/mol. The molecule has 1 aliphatic carbocycles. The minimum Gasteiger partial charge on any atom is -0.327 e. The van der Waals surface area contributed by atoms with Gasteiger partial charge in [-0.1, -0.05) is 33.1 Å². The van der Waals surface area contributed by atoms with E-state index in [0.29, 0.717) is 6.04 Å². The second kappa shape index (κ2) is 7.61. The van der Waals surface area contributed by atoms with Crippen molar-refractivity contribution < 1.29 is 0 Å². The molecule has 1 heterocycles. The molecule has 2 atom stereocenters. The second-order valence-electron chi connectivity index (χ2n) is 7.06. The Labute approximate surface area is 119 Å². The van der Waals surface area contributed by atoms with Crippen LogP contribution in [0.15, 0.2) is 0 Å². The van der Waals surface area contributed by atoms with Crippen molar-refractivity contribution in [1.29, 1.82) is 0 Å². The fourth-order valence-electron chi connectivity index (χ4n) is 3.64. The Kier molecular flexibility index (Phi) is 6.11. The van der Waals surface area contributed by atoms with Crippen LogP contribution in [-0.2, 0) is 0 Å². The van der Waals surface area contributed by atoms with Crippen LogP contribution in [0.3, 0.4) is 0 Å². The number of hydrogen-bond acceptors (Lipinski definition) is 3. The molecule has 0 spiro atoms. The Balaban J connectivity index is 1.72. The van der Waals surface area contributed by atoms with Crippen LogP contribution in [0.2, 0.25) is 0 Å². The van der Waals surface area contributed by atoms with Crippen LogP contribution in [0.5, 0.6) is 0 Å². The molecule has 1 aliphatic heterocycles. The lowest BCUT2D eigenvalue weighted by atomic mass is 9.94. The Morgan fingerprint density at radius 3 is 2.26 bits per heavy atom. The number of rotatable bonds is 4. The molecule has 2 N–H and O–H groups in total. The standard InChI is InChI=1S/C16H33N3/c1-14(2)12-18-8-10-19(11-9-18)13-15-6-4-3-5-7-16(15)17/h14-16H,3-13,17H2,1-2H3. The maximum atomic E-state index is 6.35. The summed E-state index contributed by atoms with van der Waals surface area (Å²) in [7, 11) is 0. The van der Waals surface area contributed by atoms with E-state index in [9.17, 15) is 0 Å². The molecule has 2 rings (SSSR count). The average molecular weight is 267 g/mol. The molecule has 3 nitrogen and oxygen atoms in total. The molecule has 112 valence electrons. The van der Waals surface area contributed by atoms with Crippen LogP contribution < -0.4 is 5.73 Å². The molecule has 0 radical (unpaired) electrons. The van der Waals surface area contributed by atoms with E-state index < -0.39 is 0 Å². The maximum absolute atomic E-state index is 6.35. The Bertz CT molecular complexity index is 246. The first-order valence-electron chi connectivity index (χ1n) is 8.35. The van der Waals surface area contributed by atoms with Crippen molar-refractivity contribution in [2.75, 3.05) is 39.3 Å². The molecular formula is C16H33N3. The molecule has 2 fully saturated rings. The highest BCUT2D eigenvalue weighted by atomic mass is 15.3. The van der Waals surface area contributed by atoms with Gasteiger partial charge >= 0.3 is 0 Å². The van der Waals surface area contributed by atoms with Crippen LogP contribution in [0.25, 0.3) is 0 Å². The van der Waals surface area contributed by atoms with Gasteiger partial charge in [0.2, 0.25) is 0 Å². The fourth-order valence-corrected chi connectivity index (χ4v) is 3.64. The highest BCUT2D eigenvalue weighted by molar-refractivity contribution is 4.81. The van der Waals surface area contributed by atoms with Crippen molar-refractivity contribution >= 4 is 0 Å². The fraction of sp³-hybridized carbons (Fsp3) is 1.00. The van der Waals surface area contributed by atoms with Gasteiger partial charge in [-0.3, -0.25) is 0 Å². The first kappa shape index (κ1) is 15.3. The summed E-state index contributed by atoms with van der Waals surface area (Å²) in [5.74, 6) is 1.54. The van der Waals surface area contributed by atoms with E-state index in [4.69, 9.17) is 5.73 Å². The minimum atomic E-state index is 0.455. The Morgan fingerprint density at radius 2 is 1.58 bits per heavy atom. The first-order chi connectivity index (χ1) is 9.15. The molecule has 0 aromatic heterocycles. The molecule has 1 saturated carbocycles. The van der Waals surface area contributed by atoms with Crippen molar-refractivity contribution in [2.45, 2.75) is 52.0 Å². The summed E-state index contributed by atoms with van der Waals surface area (Å²) in [6, 6.07) is 0.455. The highest BCUT2D eigenvalue weighted by Crippen LogP contribution is 2.23. The molecule has 0 aromatic carbocycles. The van der Waals surface area contributed by atoms with Gasteiger partial charge in [0.15, 0.2) is 0 Å². The van der Waals surface area contributed by atoms with E-state index in [2.05, 4.69) is 23.6 Å². The zero-order valence-corrected chi connectivity index (χ0v) is 13.0. The van der Waals surface area contributed by atoms with Gasteiger partial charge in [0.1, 0.15) is 0 Å². The van der Waals surface area contributed by atoms with Crippen molar-refractivity contribution in [2.24, 2.45) is 17.6 Å². The molecule has 1 saturated heterocycles. The van der Waals surface area contributed by atoms with Crippen LogP contribution in [0.4, 0.5) is 0 Å². The maximum Gasteiger partial charge on any atom is 0.0110 e. The van der Waals surface area contributed by atoms with E-state index in [1.165, 1.54) is 71.4 Å². The number of nitrogens with zero attached hydrogens (tertiary/aromatic N) is 2. The highest BCUT2D eigenvalue weighted by Gasteiger charge is 2.25. The summed E-state index contributed by atoms with van der Waals surface area (Å²) in [5.41, 5.74) is 6.35. The molecule has 0 aromatic rings. The van der Waals surface area contributed by atoms with Crippen LogP contribution in [0.1, 0.15) is 46.0 Å². The summed E-state index contributed by atoms with van der Waals surface area (Å²) in [4.78, 5) is 5.28. The lowest BCUT2D eigenvalue weighted by Gasteiger charge is -2.38. The number of piperazine rings is 1. The largest absolute Gasteiger partial charge is 0.327 e. The third-order valence-electron chi connectivity index (χ3n) is 4.80. The molecule has 2 unspecified atom stereocenters. The SMILES string of the molecule is CC(C)CN1CCN(CC2CCCCCC2N)CC1. The normalized spacial score (nSPS) is 31.6. The van der Waals surface area contributed by atoms with Crippen LogP contribution >= 0.6 is 0 Å². The second-order valence-corrected chi connectivity index (χ2v) is 7.06. The number of hydrogen-bond donors (Lipinski definition) is 1. The van der Waals surface area contributed by atoms with E-state index in [-0.39, 0.29) is 0 Å². The van der Waals surface area contributed by atoms with Gasteiger partial charge in [-0.05, 0) is 24.7 Å². The average Bonchev–Trinajstić information content (AvgIpc) is 2.57. The van der Waals surface area contributed by atoms with Crippen molar-refractivity contribution in [3.05, 3.63) is 0 Å². The monoisotopic (exact) mass is 267 g/mol. The molecule has 0 amide bonds. The third kappa shape index (κ3) is 5.05. The zero-order chi connectivity index (χ0) is 13.7. The topological polar surface area (TPSA) is 32.5 Å². The lowest BCUT2D eigenvalue weighted by Crippen LogP contribution is -2.50. The molecule has 2 aliphatic rings. The number of nitrogens with two attached hydrogens (primary N) is 1. The zero-order valence-electron chi connectivity index (χ0n) is 13.0. The summed E-state index contributed by atoms with van der Waals surface area (Å²) >= 11 is 0. The summed E-state index contributed by atoms with van der Waals surface area (Å²) < 4.78 is 0. The summed E-state index contributed by atoms with van der Waals surface area (Å²) in [6.45, 7) is 12.1. The molecule has 3 heteroatoms. The van der Waals surface area contributed by atoms with Crippen molar-refractivity contribution in [3.8, 4) is 0 Å². The van der Waals surface area contributed by atoms with Gasteiger partial charge in [0.25, 0.3) is 0 Å². The lowest BCUT2D eigenvalue weighted by molar-refractivity contribution is 0.103. The summed E-state index contributed by atoms with van der Waals surface area (Å²) in [5, 5.41) is 0. The van der Waals surface area contributed by atoms with Gasteiger partial charge in [-0.15, -0.1) is 0 Å². The van der Waals surface area contributed by atoms with Gasteiger partial charge in [0, 0.05) is 45.3 Å². The van der Waals surface area contributed by atoms with Crippen molar-refractivity contribution in [3.63, 3.8) is 0 Å². The Morgan fingerprint density at radius 1 is 0.947 bits per heavy atom. The Hall–Kier alpha value is -0.120. The van der Waals surface area contributed by atoms with Gasteiger partial charge in [-0.25, -0.2) is 0 Å². The predicted molar refractivity (Wildman–Crippen MR) is 82.3 cm³/mol. The van der Waals surface area contributed by atoms with E-state index in [1.807, 2.05) is 0 Å². The third-order valence-corrected chi connectivity index (χ3v) is 4.80. The summed E-state index contributed by atoms with van der Waals surface area (Å²) in [6.07, 6.45) is 6.74. The van der Waals surface area contributed by atoms with E-state index in [1.54, 1.807) is 0 Å². The van der Waals surface area contributed by atoms with E-state index in [0.717, 1.165) is 11.8 Å². The van der Waals surface area contributed by atoms with Gasteiger partial charge < -0.3 is 15.5 Å². The van der Waals surface area contributed by atoms with Crippen LogP contribution in [-0.4, -0.2) is 55.1 Å². The van der Waals surface area contributed by atoms with Crippen LogP contribution in [0, 0.1) is 11.8 Å². The minimum absolute atomic E-state index is 0.455. The van der Waals surface area contributed by atoms with Gasteiger partial charge in [0.05, 0.1) is 0 Å². The van der Waals surface area contributed by atoms with Gasteiger partial charge in [-0.2, -0.15) is 0 Å². The first-order valence-corrected chi connectivity index (χ1v) is 8.35. The quantitative estimate of drug-likeness (QED) is 0.792.